The zero-order valence-electron chi connectivity index (χ0n) is 11.7. The fraction of sp³-hybridized carbons (Fsp3) is 0.600. The summed E-state index contributed by atoms with van der Waals surface area (Å²) in [4.78, 5) is 0. The van der Waals surface area contributed by atoms with E-state index in [-0.39, 0.29) is 11.0 Å². The van der Waals surface area contributed by atoms with Crippen molar-refractivity contribution in [2.45, 2.75) is 37.7 Å². The van der Waals surface area contributed by atoms with Crippen LogP contribution in [0.5, 0.6) is 0 Å². The molecule has 0 aromatic heterocycles. The predicted molar refractivity (Wildman–Crippen MR) is 93.7 cm³/mol. The number of rotatable bonds is 7. The van der Waals surface area contributed by atoms with Crippen molar-refractivity contribution in [1.82, 2.24) is 0 Å². The Morgan fingerprint density at radius 1 is 1.00 bits per heavy atom. The molecule has 108 valence electrons. The van der Waals surface area contributed by atoms with Crippen LogP contribution in [0, 0.1) is 0 Å². The van der Waals surface area contributed by atoms with Gasteiger partial charge < -0.3 is 4.74 Å². The van der Waals surface area contributed by atoms with Crippen LogP contribution in [0.25, 0.3) is 0 Å². The summed E-state index contributed by atoms with van der Waals surface area (Å²) in [5, 5.41) is 1.87. The molecule has 4 heteroatoms. The van der Waals surface area contributed by atoms with E-state index in [9.17, 15) is 0 Å². The normalized spacial score (nSPS) is 12.7. The van der Waals surface area contributed by atoms with Crippen molar-refractivity contribution in [3.05, 3.63) is 34.3 Å². The zero-order valence-corrected chi connectivity index (χ0v) is 16.4. The van der Waals surface area contributed by atoms with E-state index in [1.165, 1.54) is 5.56 Å². The Balaban J connectivity index is 2.94. The Labute approximate surface area is 141 Å². The van der Waals surface area contributed by atoms with Crippen molar-refractivity contribution >= 4 is 47.8 Å². The summed E-state index contributed by atoms with van der Waals surface area (Å²) in [5.74, 6) is 0. The number of alkyl halides is 2. The number of methoxy groups -OCH3 is 1. The van der Waals surface area contributed by atoms with E-state index in [1.54, 1.807) is 7.11 Å². The van der Waals surface area contributed by atoms with E-state index in [4.69, 9.17) is 4.74 Å². The molecule has 1 aromatic carbocycles. The first-order valence-corrected chi connectivity index (χ1v) is 9.36. The zero-order chi connectivity index (χ0) is 14.5. The molecule has 0 aliphatic rings. The number of benzene rings is 1. The van der Waals surface area contributed by atoms with Crippen LogP contribution >= 0.6 is 47.8 Å². The molecule has 0 saturated heterocycles. The molecule has 1 aromatic rings. The number of hydrogen-bond acceptors (Lipinski definition) is 1. The van der Waals surface area contributed by atoms with Crippen molar-refractivity contribution in [2.24, 2.45) is 0 Å². The highest BCUT2D eigenvalue weighted by Gasteiger charge is 2.32. The van der Waals surface area contributed by atoms with Gasteiger partial charge in [-0.3, -0.25) is 0 Å². The highest BCUT2D eigenvalue weighted by molar-refractivity contribution is 9.10. The molecule has 0 N–H and O–H groups in total. The van der Waals surface area contributed by atoms with Gasteiger partial charge in [-0.05, 0) is 44.4 Å². The number of hydrogen-bond donors (Lipinski definition) is 0. The molecule has 1 nitrogen and oxygen atoms in total. The molecule has 0 heterocycles. The molecule has 0 saturated carbocycles. The van der Waals surface area contributed by atoms with Gasteiger partial charge in [0.05, 0.1) is 5.60 Å². The van der Waals surface area contributed by atoms with E-state index in [0.29, 0.717) is 0 Å². The van der Waals surface area contributed by atoms with Gasteiger partial charge in [0.15, 0.2) is 0 Å². The maximum atomic E-state index is 5.54. The van der Waals surface area contributed by atoms with Gasteiger partial charge in [0, 0.05) is 27.7 Å². The van der Waals surface area contributed by atoms with Crippen LogP contribution in [0.1, 0.15) is 32.3 Å². The van der Waals surface area contributed by atoms with Crippen LogP contribution < -0.4 is 0 Å². The monoisotopic (exact) mass is 454 g/mol. The average Bonchev–Trinajstić information content (AvgIpc) is 2.42. The molecular weight excluding hydrogens is 436 g/mol. The lowest BCUT2D eigenvalue weighted by Crippen LogP contribution is -2.34. The molecule has 0 fully saturated rings. The van der Waals surface area contributed by atoms with Crippen LogP contribution in [-0.4, -0.2) is 23.4 Å². The van der Waals surface area contributed by atoms with Crippen molar-refractivity contribution in [1.29, 1.82) is 0 Å². The predicted octanol–water partition coefficient (Wildman–Crippen LogP) is 5.68. The minimum Gasteiger partial charge on any atom is -0.379 e. The minimum atomic E-state index is -0.0784. The molecule has 0 spiro atoms. The Morgan fingerprint density at radius 3 is 1.95 bits per heavy atom. The topological polar surface area (TPSA) is 9.23 Å². The second kappa shape index (κ2) is 7.58. The van der Waals surface area contributed by atoms with E-state index >= 15 is 0 Å². The lowest BCUT2D eigenvalue weighted by molar-refractivity contribution is 0.0102. The largest absolute Gasteiger partial charge is 0.379 e. The molecule has 19 heavy (non-hydrogen) atoms. The fourth-order valence-corrected chi connectivity index (χ4v) is 4.31. The molecule has 1 rings (SSSR count). The summed E-state index contributed by atoms with van der Waals surface area (Å²) >= 11 is 10.9. The maximum Gasteiger partial charge on any atom is 0.0623 e. The van der Waals surface area contributed by atoms with Crippen LogP contribution in [0.15, 0.2) is 28.7 Å². The summed E-state index contributed by atoms with van der Waals surface area (Å²) in [5.41, 5.74) is 1.39. The second-order valence-electron chi connectivity index (χ2n) is 5.52. The number of halogens is 3. The van der Waals surface area contributed by atoms with Crippen molar-refractivity contribution < 1.29 is 4.74 Å². The molecule has 0 radical (unpaired) electrons. The molecule has 0 amide bonds. The Bertz CT molecular complexity index is 383. The lowest BCUT2D eigenvalue weighted by Gasteiger charge is -2.34. The van der Waals surface area contributed by atoms with Crippen LogP contribution in [0.3, 0.4) is 0 Å². The smallest absolute Gasteiger partial charge is 0.0623 e. The van der Waals surface area contributed by atoms with Gasteiger partial charge >= 0.3 is 0 Å². The molecule has 0 aliphatic carbocycles. The van der Waals surface area contributed by atoms with Crippen LogP contribution in [0.2, 0.25) is 0 Å². The third-order valence-electron chi connectivity index (χ3n) is 3.73. The standard InChI is InChI=1S/C15H21Br3O/c1-14(2,19-3)8-9-15(10-16,11-17)12-4-6-13(18)7-5-12/h4-7H,8-11H2,1-3H3. The molecular formula is C15H21Br3O. The maximum absolute atomic E-state index is 5.54. The summed E-state index contributed by atoms with van der Waals surface area (Å²) in [6, 6.07) is 8.62. The second-order valence-corrected chi connectivity index (χ2v) is 7.56. The van der Waals surface area contributed by atoms with Crippen LogP contribution in [0.4, 0.5) is 0 Å². The molecule has 0 atom stereocenters. The molecule has 0 aliphatic heterocycles. The van der Waals surface area contributed by atoms with Gasteiger partial charge in [-0.2, -0.15) is 0 Å². The fourth-order valence-electron chi connectivity index (χ4n) is 1.91. The van der Waals surface area contributed by atoms with E-state index in [0.717, 1.165) is 28.0 Å². The van der Waals surface area contributed by atoms with Gasteiger partial charge in [0.2, 0.25) is 0 Å². The SMILES string of the molecule is COC(C)(C)CCC(CBr)(CBr)c1ccc(Br)cc1. The third kappa shape index (κ3) is 4.83. The van der Waals surface area contributed by atoms with Crippen molar-refractivity contribution in [3.8, 4) is 0 Å². The highest BCUT2D eigenvalue weighted by atomic mass is 79.9. The quantitative estimate of drug-likeness (QED) is 0.479. The summed E-state index contributed by atoms with van der Waals surface area (Å²) in [6.07, 6.45) is 2.10. The summed E-state index contributed by atoms with van der Waals surface area (Å²) in [7, 11) is 1.78. The van der Waals surface area contributed by atoms with Gasteiger partial charge in [0.1, 0.15) is 0 Å². The van der Waals surface area contributed by atoms with Gasteiger partial charge in [0.25, 0.3) is 0 Å². The summed E-state index contributed by atoms with van der Waals surface area (Å²) in [6.45, 7) is 4.28. The Kier molecular flexibility index (Phi) is 7.05. The first-order chi connectivity index (χ1) is 8.89. The molecule has 0 bridgehead atoms. The minimum absolute atomic E-state index is 0.0784. The third-order valence-corrected chi connectivity index (χ3v) is 6.40. The average molecular weight is 457 g/mol. The Hall–Kier alpha value is 0.620. The lowest BCUT2D eigenvalue weighted by atomic mass is 9.78. The number of ether oxygens (including phenoxy) is 1. The van der Waals surface area contributed by atoms with Gasteiger partial charge in [-0.1, -0.05) is 59.9 Å². The van der Waals surface area contributed by atoms with Crippen molar-refractivity contribution in [3.63, 3.8) is 0 Å². The Morgan fingerprint density at radius 2 is 1.53 bits per heavy atom. The van der Waals surface area contributed by atoms with E-state index in [2.05, 4.69) is 85.9 Å². The van der Waals surface area contributed by atoms with Crippen molar-refractivity contribution in [2.75, 3.05) is 17.8 Å². The van der Waals surface area contributed by atoms with Gasteiger partial charge in [-0.15, -0.1) is 0 Å². The van der Waals surface area contributed by atoms with E-state index < -0.39 is 0 Å². The van der Waals surface area contributed by atoms with E-state index in [1.807, 2.05) is 0 Å². The first kappa shape index (κ1) is 17.7. The highest BCUT2D eigenvalue weighted by Crippen LogP contribution is 2.36. The molecule has 0 unspecified atom stereocenters. The summed E-state index contributed by atoms with van der Waals surface area (Å²) < 4.78 is 6.66. The van der Waals surface area contributed by atoms with Crippen LogP contribution in [-0.2, 0) is 10.2 Å². The first-order valence-electron chi connectivity index (χ1n) is 6.32. The van der Waals surface area contributed by atoms with Gasteiger partial charge in [-0.25, -0.2) is 0 Å².